The molecular weight excluding hydrogens is 384 g/mol. The van der Waals surface area contributed by atoms with E-state index in [0.717, 1.165) is 32.2 Å². The summed E-state index contributed by atoms with van der Waals surface area (Å²) in [5, 5.41) is 5.49. The molecular formula is C22H18N4O2S. The average molecular weight is 402 g/mol. The highest BCUT2D eigenvalue weighted by Crippen LogP contribution is 2.46. The molecule has 4 aromatic rings. The predicted molar refractivity (Wildman–Crippen MR) is 112 cm³/mol. The number of aryl methyl sites for hydroxylation is 1. The number of rotatable bonds is 3. The van der Waals surface area contributed by atoms with Crippen molar-refractivity contribution in [3.63, 3.8) is 0 Å². The number of hydrogen-bond donors (Lipinski definition) is 0. The van der Waals surface area contributed by atoms with Gasteiger partial charge in [-0.2, -0.15) is 9.78 Å². The fourth-order valence-corrected chi connectivity index (χ4v) is 4.83. The summed E-state index contributed by atoms with van der Waals surface area (Å²) >= 11 is 1.56. The molecule has 0 bridgehead atoms. The van der Waals surface area contributed by atoms with Gasteiger partial charge in [0.1, 0.15) is 5.76 Å². The third-order valence-electron chi connectivity index (χ3n) is 5.15. The van der Waals surface area contributed by atoms with Crippen molar-refractivity contribution in [1.29, 1.82) is 0 Å². The second-order valence-electron chi connectivity index (χ2n) is 7.02. The van der Waals surface area contributed by atoms with Crippen LogP contribution in [0.3, 0.4) is 0 Å². The zero-order valence-electron chi connectivity index (χ0n) is 16.2. The molecule has 5 rings (SSSR count). The maximum atomic E-state index is 12.5. The molecule has 29 heavy (non-hydrogen) atoms. The predicted octanol–water partition coefficient (Wildman–Crippen LogP) is 4.57. The highest BCUT2D eigenvalue weighted by molar-refractivity contribution is 7.20. The van der Waals surface area contributed by atoms with E-state index in [1.807, 2.05) is 50.2 Å². The SMILES string of the molecule is CC(=O)C1=C(C)Oc2c(c(C)nn2-c2nc3ccccc3s2)C1c1ccncc1. The molecule has 0 spiro atoms. The van der Waals surface area contributed by atoms with Crippen LogP contribution in [0, 0.1) is 6.92 Å². The zero-order valence-corrected chi connectivity index (χ0v) is 17.0. The van der Waals surface area contributed by atoms with Gasteiger partial charge >= 0.3 is 0 Å². The topological polar surface area (TPSA) is 69.9 Å². The van der Waals surface area contributed by atoms with E-state index >= 15 is 0 Å². The quantitative estimate of drug-likeness (QED) is 0.502. The van der Waals surface area contributed by atoms with Crippen molar-refractivity contribution in [3.8, 4) is 11.0 Å². The minimum atomic E-state index is -0.248. The van der Waals surface area contributed by atoms with Gasteiger partial charge in [-0.05, 0) is 50.6 Å². The van der Waals surface area contributed by atoms with Crippen LogP contribution in [0.4, 0.5) is 0 Å². The van der Waals surface area contributed by atoms with Crippen molar-refractivity contribution < 1.29 is 9.53 Å². The van der Waals surface area contributed by atoms with Crippen LogP contribution >= 0.6 is 11.3 Å². The molecule has 1 unspecified atom stereocenters. The number of pyridine rings is 1. The summed E-state index contributed by atoms with van der Waals surface area (Å²) in [5.41, 5.74) is 4.27. The Balaban J connectivity index is 1.75. The van der Waals surface area contributed by atoms with E-state index in [4.69, 9.17) is 14.8 Å². The fourth-order valence-electron chi connectivity index (χ4n) is 3.92. The van der Waals surface area contributed by atoms with Crippen LogP contribution in [-0.4, -0.2) is 25.5 Å². The van der Waals surface area contributed by atoms with E-state index in [0.29, 0.717) is 17.2 Å². The lowest BCUT2D eigenvalue weighted by Crippen LogP contribution is -2.21. The van der Waals surface area contributed by atoms with Gasteiger partial charge in [-0.1, -0.05) is 23.5 Å². The lowest BCUT2D eigenvalue weighted by molar-refractivity contribution is -0.114. The van der Waals surface area contributed by atoms with Crippen molar-refractivity contribution in [2.75, 3.05) is 0 Å². The maximum Gasteiger partial charge on any atom is 0.228 e. The van der Waals surface area contributed by atoms with Gasteiger partial charge in [-0.3, -0.25) is 9.78 Å². The third-order valence-corrected chi connectivity index (χ3v) is 6.16. The molecule has 3 aromatic heterocycles. The monoisotopic (exact) mass is 402 g/mol. The third kappa shape index (κ3) is 2.77. The first-order valence-electron chi connectivity index (χ1n) is 9.29. The Labute approximate surface area is 171 Å². The van der Waals surface area contributed by atoms with Gasteiger partial charge in [0.25, 0.3) is 0 Å². The van der Waals surface area contributed by atoms with E-state index in [9.17, 15) is 4.79 Å². The molecule has 0 saturated heterocycles. The van der Waals surface area contributed by atoms with Crippen LogP contribution in [-0.2, 0) is 4.79 Å². The van der Waals surface area contributed by atoms with Crippen LogP contribution < -0.4 is 4.74 Å². The Morgan fingerprint density at radius 2 is 1.90 bits per heavy atom. The minimum absolute atomic E-state index is 0.0119. The van der Waals surface area contributed by atoms with Crippen LogP contribution in [0.15, 0.2) is 60.1 Å². The van der Waals surface area contributed by atoms with Gasteiger partial charge in [-0.15, -0.1) is 0 Å². The number of carbonyl (C=O) groups excluding carboxylic acids is 1. The van der Waals surface area contributed by atoms with Gasteiger partial charge in [0.15, 0.2) is 5.78 Å². The van der Waals surface area contributed by atoms with Gasteiger partial charge in [0, 0.05) is 29.4 Å². The number of para-hydroxylation sites is 1. The largest absolute Gasteiger partial charge is 0.443 e. The normalized spacial score (nSPS) is 16.0. The number of hydrogen-bond acceptors (Lipinski definition) is 6. The Hall–Kier alpha value is -3.32. The molecule has 0 N–H and O–H groups in total. The molecule has 4 heterocycles. The number of Topliss-reactive ketones (excluding diaryl/α,β-unsaturated/α-hetero) is 1. The van der Waals surface area contributed by atoms with Crippen LogP contribution in [0.5, 0.6) is 5.88 Å². The first kappa shape index (κ1) is 17.8. The van der Waals surface area contributed by atoms with Gasteiger partial charge in [0.2, 0.25) is 11.0 Å². The van der Waals surface area contributed by atoms with E-state index in [1.165, 1.54) is 0 Å². The van der Waals surface area contributed by atoms with Crippen LogP contribution in [0.1, 0.15) is 36.6 Å². The maximum absolute atomic E-state index is 12.5. The molecule has 0 amide bonds. The molecule has 144 valence electrons. The number of carbonyl (C=O) groups is 1. The molecule has 7 heteroatoms. The number of ketones is 1. The number of aromatic nitrogens is 4. The van der Waals surface area contributed by atoms with Gasteiger partial charge in [0.05, 0.1) is 15.9 Å². The summed E-state index contributed by atoms with van der Waals surface area (Å²) in [6.45, 7) is 5.35. The lowest BCUT2D eigenvalue weighted by Gasteiger charge is -2.27. The summed E-state index contributed by atoms with van der Waals surface area (Å²) in [4.78, 5) is 21.4. The Morgan fingerprint density at radius 3 is 2.62 bits per heavy atom. The van der Waals surface area contributed by atoms with Gasteiger partial charge < -0.3 is 4.74 Å². The lowest BCUT2D eigenvalue weighted by atomic mass is 9.81. The molecule has 0 fully saturated rings. The number of benzene rings is 1. The van der Waals surface area contributed by atoms with E-state index < -0.39 is 0 Å². The summed E-state index contributed by atoms with van der Waals surface area (Å²) in [7, 11) is 0. The molecule has 1 aliphatic rings. The summed E-state index contributed by atoms with van der Waals surface area (Å²) in [5.74, 6) is 0.949. The zero-order chi connectivity index (χ0) is 20.1. The van der Waals surface area contributed by atoms with E-state index in [-0.39, 0.29) is 11.7 Å². The van der Waals surface area contributed by atoms with Crippen molar-refractivity contribution in [2.24, 2.45) is 0 Å². The fraction of sp³-hybridized carbons (Fsp3) is 0.182. The highest BCUT2D eigenvalue weighted by atomic mass is 32.1. The first-order chi connectivity index (χ1) is 14.0. The molecule has 0 aliphatic carbocycles. The number of allylic oxidation sites excluding steroid dienone is 2. The van der Waals surface area contributed by atoms with Crippen LogP contribution in [0.2, 0.25) is 0 Å². The van der Waals surface area contributed by atoms with Crippen molar-refractivity contribution in [2.45, 2.75) is 26.7 Å². The minimum Gasteiger partial charge on any atom is -0.443 e. The second-order valence-corrected chi connectivity index (χ2v) is 8.03. The Bertz CT molecular complexity index is 1250. The van der Waals surface area contributed by atoms with Gasteiger partial charge in [-0.25, -0.2) is 4.98 Å². The molecule has 0 saturated carbocycles. The van der Waals surface area contributed by atoms with Crippen molar-refractivity contribution in [3.05, 3.63) is 76.9 Å². The molecule has 0 radical (unpaired) electrons. The van der Waals surface area contributed by atoms with Crippen molar-refractivity contribution in [1.82, 2.24) is 19.7 Å². The smallest absolute Gasteiger partial charge is 0.228 e. The van der Waals surface area contributed by atoms with E-state index in [1.54, 1.807) is 35.3 Å². The summed E-state index contributed by atoms with van der Waals surface area (Å²) in [6, 6.07) is 11.9. The Kier molecular flexibility index (Phi) is 4.06. The summed E-state index contributed by atoms with van der Waals surface area (Å²) in [6.07, 6.45) is 3.48. The van der Waals surface area contributed by atoms with Crippen molar-refractivity contribution >= 4 is 27.3 Å². The standard InChI is InChI=1S/C22H18N4O2S/c1-12-18-20(15-8-10-23-11-9-15)19(13(2)27)14(3)28-21(18)26(25-12)22-24-16-6-4-5-7-17(16)29-22/h4-11,20H,1-3H3. The number of thiazole rings is 1. The molecule has 1 aliphatic heterocycles. The summed E-state index contributed by atoms with van der Waals surface area (Å²) < 4.78 is 9.01. The highest BCUT2D eigenvalue weighted by Gasteiger charge is 2.37. The average Bonchev–Trinajstić information content (AvgIpc) is 3.28. The molecule has 1 aromatic carbocycles. The van der Waals surface area contributed by atoms with Crippen LogP contribution in [0.25, 0.3) is 15.3 Å². The molecule has 1 atom stereocenters. The molecule has 6 nitrogen and oxygen atoms in total. The van der Waals surface area contributed by atoms with E-state index in [2.05, 4.69) is 4.98 Å². The number of nitrogens with zero attached hydrogens (tertiary/aromatic N) is 4. The Morgan fingerprint density at radius 1 is 1.14 bits per heavy atom. The second kappa shape index (κ2) is 6.63. The number of fused-ring (bicyclic) bond motifs is 2. The first-order valence-corrected chi connectivity index (χ1v) is 10.1. The number of ether oxygens (including phenoxy) is 1.